The molecule has 4 rings (SSSR count). The van der Waals surface area contributed by atoms with E-state index in [9.17, 15) is 24.1 Å². The second-order valence-electron chi connectivity index (χ2n) is 8.26. The highest BCUT2D eigenvalue weighted by atomic mass is 79.9. The summed E-state index contributed by atoms with van der Waals surface area (Å²) < 4.78 is 20.5. The summed E-state index contributed by atoms with van der Waals surface area (Å²) in [5.74, 6) is -1.11. The summed E-state index contributed by atoms with van der Waals surface area (Å²) in [6, 6.07) is 12.9. The molecule has 0 fully saturated rings. The number of hydrogen-bond acceptors (Lipinski definition) is 7. The third-order valence-electron chi connectivity index (χ3n) is 5.37. The van der Waals surface area contributed by atoms with E-state index < -0.39 is 34.5 Å². The van der Waals surface area contributed by atoms with Crippen molar-refractivity contribution in [2.45, 2.75) is 19.8 Å². The van der Waals surface area contributed by atoms with Gasteiger partial charge < -0.3 is 10.1 Å². The predicted octanol–water partition coefficient (Wildman–Crippen LogP) is 5.71. The quantitative estimate of drug-likeness (QED) is 0.146. The molecule has 0 spiro atoms. The van der Waals surface area contributed by atoms with Crippen molar-refractivity contribution in [2.24, 2.45) is 5.10 Å². The molecule has 1 heterocycles. The van der Waals surface area contributed by atoms with Crippen LogP contribution in [0.2, 0.25) is 5.02 Å². The number of nitro benzene ring substituents is 1. The van der Waals surface area contributed by atoms with Crippen LogP contribution in [0, 0.1) is 15.9 Å². The Hall–Kier alpha value is -4.16. The molecule has 0 aliphatic rings. The topological polar surface area (TPSA) is 129 Å². The monoisotopic (exact) mass is 615 g/mol. The van der Waals surface area contributed by atoms with E-state index in [0.717, 1.165) is 16.8 Å². The van der Waals surface area contributed by atoms with E-state index in [2.05, 4.69) is 31.3 Å². The molecular weight excluding hydrogens is 597 g/mol. The Labute approximate surface area is 234 Å². The fourth-order valence-corrected chi connectivity index (χ4v) is 4.32. The number of nitro groups is 1. The van der Waals surface area contributed by atoms with E-state index in [1.165, 1.54) is 30.5 Å². The van der Waals surface area contributed by atoms with Gasteiger partial charge in [-0.25, -0.2) is 9.37 Å². The number of amides is 1. The van der Waals surface area contributed by atoms with Crippen LogP contribution in [-0.2, 0) is 11.2 Å². The number of nitrogens with zero attached hydrogens (tertiary/aromatic N) is 4. The normalized spacial score (nSPS) is 11.2. The fraction of sp³-hybridized carbons (Fsp3) is 0.154. The second kappa shape index (κ2) is 12.1. The van der Waals surface area contributed by atoms with E-state index in [1.54, 1.807) is 18.2 Å². The van der Waals surface area contributed by atoms with Crippen molar-refractivity contribution in [3.8, 4) is 5.75 Å². The molecule has 0 unspecified atom stereocenters. The van der Waals surface area contributed by atoms with Gasteiger partial charge in [0.15, 0.2) is 6.61 Å². The van der Waals surface area contributed by atoms with Gasteiger partial charge in [-0.1, -0.05) is 40.5 Å². The van der Waals surface area contributed by atoms with Crippen molar-refractivity contribution in [3.05, 3.63) is 102 Å². The van der Waals surface area contributed by atoms with Gasteiger partial charge in [-0.3, -0.25) is 19.7 Å². The van der Waals surface area contributed by atoms with Gasteiger partial charge in [0, 0.05) is 28.2 Å². The van der Waals surface area contributed by atoms with Crippen LogP contribution in [-0.4, -0.2) is 33.3 Å². The number of carbonyl (C=O) groups excluding carboxylic acids is 1. The molecule has 13 heteroatoms. The zero-order chi connectivity index (χ0) is 28.1. The van der Waals surface area contributed by atoms with Crippen LogP contribution in [0.3, 0.4) is 0 Å². The molecule has 0 atom stereocenters. The molecule has 3 aromatic carbocycles. The van der Waals surface area contributed by atoms with Crippen molar-refractivity contribution < 1.29 is 18.8 Å². The minimum atomic E-state index is -0.715. The number of anilines is 1. The van der Waals surface area contributed by atoms with Crippen molar-refractivity contribution in [1.82, 2.24) is 9.66 Å². The maximum atomic E-state index is 13.3. The summed E-state index contributed by atoms with van der Waals surface area (Å²) in [5, 5.41) is 18.6. The minimum Gasteiger partial charge on any atom is -0.476 e. The maximum Gasteiger partial charge on any atom is 0.313 e. The molecule has 0 bridgehead atoms. The Balaban J connectivity index is 1.62. The lowest BCUT2D eigenvalue weighted by Crippen LogP contribution is -2.22. The molecule has 0 saturated heterocycles. The molecule has 0 radical (unpaired) electrons. The van der Waals surface area contributed by atoms with Crippen molar-refractivity contribution in [1.29, 1.82) is 0 Å². The SMILES string of the molecule is CCCc1nc2ccc(Br)cc2c(=O)n1N=Cc1cc(Cl)c(OCC(=O)Nc2cccc(F)c2)c([N+](=O)[O-])c1. The zero-order valence-electron chi connectivity index (χ0n) is 20.4. The molecule has 4 aromatic rings. The Morgan fingerprint density at radius 1 is 1.28 bits per heavy atom. The van der Waals surface area contributed by atoms with E-state index in [-0.39, 0.29) is 22.0 Å². The van der Waals surface area contributed by atoms with Gasteiger partial charge in [0.1, 0.15) is 11.6 Å². The second-order valence-corrected chi connectivity index (χ2v) is 9.58. The first kappa shape index (κ1) is 27.9. The van der Waals surface area contributed by atoms with Crippen molar-refractivity contribution >= 4 is 61.9 Å². The summed E-state index contributed by atoms with van der Waals surface area (Å²) in [5.41, 5.74) is 0.0331. The van der Waals surface area contributed by atoms with E-state index in [0.29, 0.717) is 34.0 Å². The van der Waals surface area contributed by atoms with Gasteiger partial charge in [0.25, 0.3) is 11.5 Å². The summed E-state index contributed by atoms with van der Waals surface area (Å²) in [6.07, 6.45) is 2.44. The summed E-state index contributed by atoms with van der Waals surface area (Å²) in [7, 11) is 0. The van der Waals surface area contributed by atoms with Crippen molar-refractivity contribution in [3.63, 3.8) is 0 Å². The van der Waals surface area contributed by atoms with Crippen molar-refractivity contribution in [2.75, 3.05) is 11.9 Å². The molecule has 0 saturated carbocycles. The number of benzene rings is 3. The first-order valence-corrected chi connectivity index (χ1v) is 12.7. The van der Waals surface area contributed by atoms with Gasteiger partial charge in [0.05, 0.1) is 27.1 Å². The maximum absolute atomic E-state index is 13.3. The van der Waals surface area contributed by atoms with Gasteiger partial charge >= 0.3 is 5.69 Å². The number of hydrogen-bond donors (Lipinski definition) is 1. The molecule has 1 N–H and O–H groups in total. The van der Waals surface area contributed by atoms with Crippen LogP contribution in [0.1, 0.15) is 24.7 Å². The van der Waals surface area contributed by atoms with Gasteiger partial charge in [-0.05, 0) is 48.9 Å². The largest absolute Gasteiger partial charge is 0.476 e. The first-order valence-electron chi connectivity index (χ1n) is 11.6. The van der Waals surface area contributed by atoms with Gasteiger partial charge in [0.2, 0.25) is 5.75 Å². The van der Waals surface area contributed by atoms with Gasteiger partial charge in [-0.15, -0.1) is 0 Å². The Bertz CT molecular complexity index is 1680. The lowest BCUT2D eigenvalue weighted by Gasteiger charge is -2.11. The van der Waals surface area contributed by atoms with E-state index in [4.69, 9.17) is 16.3 Å². The lowest BCUT2D eigenvalue weighted by molar-refractivity contribution is -0.385. The standard InChI is InChI=1S/C26H20BrClFN5O5/c1-2-4-23-32-21-8-7-16(27)11-19(21)26(36)33(23)30-13-15-9-20(28)25(22(10-15)34(37)38)39-14-24(35)31-18-6-3-5-17(29)12-18/h3,5-13H,2,4,14H2,1H3,(H,31,35). The minimum absolute atomic E-state index is 0.147. The number of halogens is 3. The van der Waals surface area contributed by atoms with Crippen LogP contribution in [0.5, 0.6) is 5.75 Å². The molecule has 1 aromatic heterocycles. The number of aromatic nitrogens is 2. The molecule has 200 valence electrons. The number of rotatable bonds is 9. The fourth-order valence-electron chi connectivity index (χ4n) is 3.68. The highest BCUT2D eigenvalue weighted by Gasteiger charge is 2.22. The summed E-state index contributed by atoms with van der Waals surface area (Å²) >= 11 is 9.62. The molecule has 0 aliphatic heterocycles. The molecule has 1 amide bonds. The molecule has 10 nitrogen and oxygen atoms in total. The molecule has 39 heavy (non-hydrogen) atoms. The average Bonchev–Trinajstić information content (AvgIpc) is 2.88. The number of aryl methyl sites for hydroxylation is 1. The predicted molar refractivity (Wildman–Crippen MR) is 149 cm³/mol. The summed E-state index contributed by atoms with van der Waals surface area (Å²) in [4.78, 5) is 41.0. The van der Waals surface area contributed by atoms with Crippen LogP contribution in [0.15, 0.2) is 69.0 Å². The van der Waals surface area contributed by atoms with E-state index in [1.807, 2.05) is 6.92 Å². The van der Waals surface area contributed by atoms with E-state index >= 15 is 0 Å². The molecular formula is C26H20BrClFN5O5. The third-order valence-corrected chi connectivity index (χ3v) is 6.14. The Kier molecular flexibility index (Phi) is 8.67. The van der Waals surface area contributed by atoms with Crippen LogP contribution in [0.25, 0.3) is 10.9 Å². The lowest BCUT2D eigenvalue weighted by atomic mass is 10.2. The number of fused-ring (bicyclic) bond motifs is 1. The van der Waals surface area contributed by atoms with Gasteiger partial charge in [-0.2, -0.15) is 9.78 Å². The van der Waals surface area contributed by atoms with Crippen LogP contribution < -0.4 is 15.6 Å². The zero-order valence-corrected chi connectivity index (χ0v) is 22.7. The first-order chi connectivity index (χ1) is 18.7. The average molecular weight is 617 g/mol. The molecule has 0 aliphatic carbocycles. The number of nitrogens with one attached hydrogen (secondary N) is 1. The Morgan fingerprint density at radius 3 is 2.79 bits per heavy atom. The highest BCUT2D eigenvalue weighted by molar-refractivity contribution is 9.10. The summed E-state index contributed by atoms with van der Waals surface area (Å²) in [6.45, 7) is 1.32. The number of ether oxygens (including phenoxy) is 1. The Morgan fingerprint density at radius 2 is 2.08 bits per heavy atom. The number of carbonyl (C=O) groups is 1. The highest BCUT2D eigenvalue weighted by Crippen LogP contribution is 2.36. The smallest absolute Gasteiger partial charge is 0.313 e. The third kappa shape index (κ3) is 6.65. The van der Waals surface area contributed by atoms with Crippen LogP contribution in [0.4, 0.5) is 15.8 Å². The van der Waals surface area contributed by atoms with Crippen LogP contribution >= 0.6 is 27.5 Å².